The van der Waals surface area contributed by atoms with Crippen LogP contribution in [0.25, 0.3) is 5.57 Å². The van der Waals surface area contributed by atoms with Crippen molar-refractivity contribution in [1.29, 1.82) is 0 Å². The Morgan fingerprint density at radius 3 is 2.23 bits per heavy atom. The second-order valence-corrected chi connectivity index (χ2v) is 6.63. The van der Waals surface area contributed by atoms with Crippen LogP contribution in [0.3, 0.4) is 0 Å². The lowest BCUT2D eigenvalue weighted by atomic mass is 10.1. The number of ether oxygens (including phenoxy) is 1. The van der Waals surface area contributed by atoms with Crippen molar-refractivity contribution in [1.82, 2.24) is 4.90 Å². The fourth-order valence-corrected chi connectivity index (χ4v) is 2.71. The Hall–Kier alpha value is -3.08. The molecule has 26 heavy (non-hydrogen) atoms. The summed E-state index contributed by atoms with van der Waals surface area (Å²) in [6.45, 7) is 4.83. The number of aliphatic hydroxyl groups is 1. The second kappa shape index (κ2) is 7.44. The Labute approximate surface area is 152 Å². The third-order valence-corrected chi connectivity index (χ3v) is 4.05. The largest absolute Gasteiger partial charge is 0.502 e. The maximum Gasteiger partial charge on any atom is 0.296 e. The number of aliphatic hydroxyl groups excluding tert-OH is 1. The fraction of sp³-hybridized carbons (Fsp3) is 0.238. The van der Waals surface area contributed by atoms with E-state index in [1.54, 1.807) is 24.3 Å². The van der Waals surface area contributed by atoms with Crippen LogP contribution in [0.15, 0.2) is 60.4 Å². The molecule has 1 aliphatic heterocycles. The zero-order valence-corrected chi connectivity index (χ0v) is 14.8. The summed E-state index contributed by atoms with van der Waals surface area (Å²) in [4.78, 5) is 26.1. The molecule has 1 heterocycles. The number of imide groups is 1. The van der Waals surface area contributed by atoms with Crippen molar-refractivity contribution in [2.24, 2.45) is 5.92 Å². The van der Waals surface area contributed by atoms with E-state index in [4.69, 9.17) is 4.74 Å². The van der Waals surface area contributed by atoms with E-state index >= 15 is 0 Å². The third-order valence-electron chi connectivity index (χ3n) is 4.05. The highest BCUT2D eigenvalue weighted by molar-refractivity contribution is 6.34. The summed E-state index contributed by atoms with van der Waals surface area (Å²) >= 11 is 0. The van der Waals surface area contributed by atoms with Crippen LogP contribution >= 0.6 is 0 Å². The molecule has 0 saturated heterocycles. The number of hydrogen-bond acceptors (Lipinski definition) is 4. The molecule has 2 aromatic rings. The minimum atomic E-state index is -0.672. The van der Waals surface area contributed by atoms with Crippen LogP contribution in [-0.4, -0.2) is 28.4 Å². The van der Waals surface area contributed by atoms with Gasteiger partial charge in [0.05, 0.1) is 18.7 Å². The van der Waals surface area contributed by atoms with Crippen LogP contribution in [-0.2, 0) is 16.1 Å². The molecule has 134 valence electrons. The zero-order valence-electron chi connectivity index (χ0n) is 14.8. The summed E-state index contributed by atoms with van der Waals surface area (Å²) in [6.07, 6.45) is 0. The molecule has 0 radical (unpaired) electrons. The number of rotatable bonds is 6. The van der Waals surface area contributed by atoms with Crippen molar-refractivity contribution >= 4 is 17.4 Å². The standard InChI is InChI=1S/C21H21NO4/c1-14(2)13-26-17-10-8-16(9-11-17)18-19(23)21(25)22(20(18)24)12-15-6-4-3-5-7-15/h3-11,14,23H,12-13H2,1-2H3. The SMILES string of the molecule is CC(C)COc1ccc(C2=C(O)C(=O)N(Cc3ccccc3)C2=O)cc1. The van der Waals surface area contributed by atoms with E-state index in [-0.39, 0.29) is 12.1 Å². The van der Waals surface area contributed by atoms with Gasteiger partial charge in [0.2, 0.25) is 0 Å². The predicted octanol–water partition coefficient (Wildman–Crippen LogP) is 3.56. The quantitative estimate of drug-likeness (QED) is 0.808. The van der Waals surface area contributed by atoms with E-state index in [2.05, 4.69) is 13.8 Å². The van der Waals surface area contributed by atoms with Gasteiger partial charge in [-0.25, -0.2) is 0 Å². The molecule has 0 aromatic heterocycles. The van der Waals surface area contributed by atoms with Crippen LogP contribution < -0.4 is 4.74 Å². The van der Waals surface area contributed by atoms with Crippen molar-refractivity contribution in [2.75, 3.05) is 6.61 Å². The van der Waals surface area contributed by atoms with E-state index < -0.39 is 17.6 Å². The summed E-state index contributed by atoms with van der Waals surface area (Å²) in [5, 5.41) is 10.2. The van der Waals surface area contributed by atoms with Crippen molar-refractivity contribution in [3.05, 3.63) is 71.5 Å². The molecule has 0 unspecified atom stereocenters. The first-order chi connectivity index (χ1) is 12.5. The number of carbonyl (C=O) groups is 2. The molecular formula is C21H21NO4. The molecule has 0 spiro atoms. The molecule has 0 bridgehead atoms. The molecule has 3 rings (SSSR count). The maximum absolute atomic E-state index is 12.7. The lowest BCUT2D eigenvalue weighted by Gasteiger charge is -2.14. The molecule has 0 aliphatic carbocycles. The minimum absolute atomic E-state index is 0.0290. The Balaban J connectivity index is 1.79. The van der Waals surface area contributed by atoms with Gasteiger partial charge in [-0.2, -0.15) is 0 Å². The average molecular weight is 351 g/mol. The van der Waals surface area contributed by atoms with Gasteiger partial charge in [0.1, 0.15) is 5.75 Å². The fourth-order valence-electron chi connectivity index (χ4n) is 2.71. The number of hydrogen-bond donors (Lipinski definition) is 1. The van der Waals surface area contributed by atoms with Gasteiger partial charge in [0.25, 0.3) is 11.8 Å². The number of amides is 2. The van der Waals surface area contributed by atoms with Crippen LogP contribution in [0.2, 0.25) is 0 Å². The summed E-state index contributed by atoms with van der Waals surface area (Å²) in [5.41, 5.74) is 1.34. The Morgan fingerprint density at radius 1 is 0.962 bits per heavy atom. The highest BCUT2D eigenvalue weighted by Crippen LogP contribution is 2.30. The van der Waals surface area contributed by atoms with Crippen molar-refractivity contribution < 1.29 is 19.4 Å². The van der Waals surface area contributed by atoms with Crippen LogP contribution in [0.5, 0.6) is 5.75 Å². The number of nitrogens with zero attached hydrogens (tertiary/aromatic N) is 1. The molecule has 0 saturated carbocycles. The van der Waals surface area contributed by atoms with Crippen LogP contribution in [0.1, 0.15) is 25.0 Å². The zero-order chi connectivity index (χ0) is 18.7. The van der Waals surface area contributed by atoms with E-state index in [9.17, 15) is 14.7 Å². The molecule has 5 heteroatoms. The molecule has 2 amide bonds. The number of carbonyl (C=O) groups excluding carboxylic acids is 2. The first kappa shape index (κ1) is 17.7. The molecule has 2 aromatic carbocycles. The van der Waals surface area contributed by atoms with E-state index in [0.29, 0.717) is 23.8 Å². The van der Waals surface area contributed by atoms with Gasteiger partial charge >= 0.3 is 0 Å². The van der Waals surface area contributed by atoms with Gasteiger partial charge in [-0.05, 0) is 29.2 Å². The van der Waals surface area contributed by atoms with Crippen LogP contribution in [0.4, 0.5) is 0 Å². The van der Waals surface area contributed by atoms with Gasteiger partial charge in [-0.1, -0.05) is 56.3 Å². The summed E-state index contributed by atoms with van der Waals surface area (Å²) in [7, 11) is 0. The first-order valence-electron chi connectivity index (χ1n) is 8.54. The van der Waals surface area contributed by atoms with Crippen molar-refractivity contribution in [3.63, 3.8) is 0 Å². The highest BCUT2D eigenvalue weighted by atomic mass is 16.5. The Morgan fingerprint density at radius 2 is 1.62 bits per heavy atom. The van der Waals surface area contributed by atoms with Crippen LogP contribution in [0, 0.1) is 5.92 Å². The predicted molar refractivity (Wildman–Crippen MR) is 98.3 cm³/mol. The molecule has 5 nitrogen and oxygen atoms in total. The lowest BCUT2D eigenvalue weighted by Crippen LogP contribution is -2.31. The van der Waals surface area contributed by atoms with Gasteiger partial charge in [0.15, 0.2) is 5.76 Å². The molecule has 1 N–H and O–H groups in total. The topological polar surface area (TPSA) is 66.8 Å². The van der Waals surface area contributed by atoms with Gasteiger partial charge in [-0.15, -0.1) is 0 Å². The minimum Gasteiger partial charge on any atom is -0.502 e. The van der Waals surface area contributed by atoms with E-state index in [1.807, 2.05) is 30.3 Å². The highest BCUT2D eigenvalue weighted by Gasteiger charge is 2.39. The van der Waals surface area contributed by atoms with Gasteiger partial charge in [-0.3, -0.25) is 14.5 Å². The first-order valence-corrected chi connectivity index (χ1v) is 8.54. The van der Waals surface area contributed by atoms with E-state index in [0.717, 1.165) is 10.5 Å². The Kier molecular flexibility index (Phi) is 5.07. The molecule has 1 aliphatic rings. The van der Waals surface area contributed by atoms with E-state index in [1.165, 1.54) is 0 Å². The smallest absolute Gasteiger partial charge is 0.296 e. The Bertz CT molecular complexity index is 838. The normalized spacial score (nSPS) is 14.5. The molecule has 0 atom stereocenters. The molecule has 0 fully saturated rings. The monoisotopic (exact) mass is 351 g/mol. The third kappa shape index (κ3) is 3.61. The van der Waals surface area contributed by atoms with Gasteiger partial charge in [0, 0.05) is 0 Å². The molecular weight excluding hydrogens is 330 g/mol. The summed E-state index contributed by atoms with van der Waals surface area (Å²) in [6, 6.07) is 16.0. The van der Waals surface area contributed by atoms with Gasteiger partial charge < -0.3 is 9.84 Å². The lowest BCUT2D eigenvalue weighted by molar-refractivity contribution is -0.138. The second-order valence-electron chi connectivity index (χ2n) is 6.63. The van der Waals surface area contributed by atoms with Crippen molar-refractivity contribution in [3.8, 4) is 5.75 Å². The summed E-state index contributed by atoms with van der Waals surface area (Å²) < 4.78 is 5.62. The average Bonchev–Trinajstić information content (AvgIpc) is 2.85. The summed E-state index contributed by atoms with van der Waals surface area (Å²) in [5.74, 6) is -0.592. The maximum atomic E-state index is 12.7. The number of benzene rings is 2. The van der Waals surface area contributed by atoms with Crippen molar-refractivity contribution in [2.45, 2.75) is 20.4 Å².